The largest absolute Gasteiger partial charge is 0.364 e. The number of benzene rings is 1. The minimum atomic E-state index is 0. The zero-order chi connectivity index (χ0) is 18.2. The van der Waals surface area contributed by atoms with Gasteiger partial charge in [-0.05, 0) is 24.1 Å². The number of anilines is 1. The molecule has 7 heteroatoms. The quantitative estimate of drug-likeness (QED) is 0.266. The standard InChI is InChI=1S/C20H27N5S.HI/c1-3-18-15-23-19(26-18)9-10-22-20(21-2)24-14-16-7-6-8-17(13-16)25-11-4-5-12-25;/h4-8,13,15H,3,9-12,14H2,1-2H3,(H2,21,22,24);1H. The first-order valence-electron chi connectivity index (χ1n) is 9.15. The van der Waals surface area contributed by atoms with Crippen LogP contribution in [0.1, 0.15) is 22.4 Å². The summed E-state index contributed by atoms with van der Waals surface area (Å²) in [5.74, 6) is 0.825. The molecule has 0 unspecified atom stereocenters. The van der Waals surface area contributed by atoms with E-state index in [-0.39, 0.29) is 24.0 Å². The second-order valence-electron chi connectivity index (χ2n) is 6.22. The molecule has 0 atom stereocenters. The van der Waals surface area contributed by atoms with Gasteiger partial charge in [0.1, 0.15) is 0 Å². The van der Waals surface area contributed by atoms with Gasteiger partial charge in [0.05, 0.1) is 5.01 Å². The number of nitrogens with zero attached hydrogens (tertiary/aromatic N) is 3. The van der Waals surface area contributed by atoms with Crippen molar-refractivity contribution in [2.45, 2.75) is 26.3 Å². The number of hydrogen-bond donors (Lipinski definition) is 2. The summed E-state index contributed by atoms with van der Waals surface area (Å²) in [5, 5.41) is 7.94. The van der Waals surface area contributed by atoms with Gasteiger partial charge in [0, 0.05) is 56.4 Å². The highest BCUT2D eigenvalue weighted by molar-refractivity contribution is 14.0. The topological polar surface area (TPSA) is 52.6 Å². The Hall–Kier alpha value is -1.61. The summed E-state index contributed by atoms with van der Waals surface area (Å²) in [4.78, 5) is 12.5. The monoisotopic (exact) mass is 497 g/mol. The van der Waals surface area contributed by atoms with E-state index >= 15 is 0 Å². The molecule has 0 spiro atoms. The number of aromatic nitrogens is 1. The van der Waals surface area contributed by atoms with Crippen LogP contribution in [0.25, 0.3) is 0 Å². The molecule has 5 nitrogen and oxygen atoms in total. The molecule has 0 aliphatic carbocycles. The van der Waals surface area contributed by atoms with Gasteiger partial charge in [-0.2, -0.15) is 0 Å². The van der Waals surface area contributed by atoms with Crippen molar-refractivity contribution in [2.24, 2.45) is 4.99 Å². The first-order valence-corrected chi connectivity index (χ1v) is 9.97. The van der Waals surface area contributed by atoms with Gasteiger partial charge in [0.25, 0.3) is 0 Å². The predicted molar refractivity (Wildman–Crippen MR) is 127 cm³/mol. The van der Waals surface area contributed by atoms with Crippen molar-refractivity contribution in [3.05, 3.63) is 58.1 Å². The minimum Gasteiger partial charge on any atom is -0.364 e. The zero-order valence-electron chi connectivity index (χ0n) is 15.9. The van der Waals surface area contributed by atoms with Crippen LogP contribution in [-0.2, 0) is 19.4 Å². The summed E-state index contributed by atoms with van der Waals surface area (Å²) in [5.41, 5.74) is 2.53. The fourth-order valence-electron chi connectivity index (χ4n) is 2.87. The second kappa shape index (κ2) is 11.3. The van der Waals surface area contributed by atoms with Gasteiger partial charge in [-0.25, -0.2) is 4.98 Å². The molecule has 0 fully saturated rings. The van der Waals surface area contributed by atoms with Crippen molar-refractivity contribution < 1.29 is 0 Å². The Morgan fingerprint density at radius 1 is 1.26 bits per heavy atom. The van der Waals surface area contributed by atoms with E-state index in [1.165, 1.54) is 21.1 Å². The molecular weight excluding hydrogens is 469 g/mol. The Labute approximate surface area is 183 Å². The first-order chi connectivity index (χ1) is 12.8. The van der Waals surface area contributed by atoms with Gasteiger partial charge in [0.2, 0.25) is 0 Å². The molecule has 1 aromatic heterocycles. The molecule has 0 radical (unpaired) electrons. The molecule has 0 saturated heterocycles. The summed E-state index contributed by atoms with van der Waals surface area (Å²) in [6, 6.07) is 8.68. The molecule has 1 aromatic carbocycles. The molecule has 0 amide bonds. The zero-order valence-corrected chi connectivity index (χ0v) is 19.1. The lowest BCUT2D eigenvalue weighted by atomic mass is 10.2. The van der Waals surface area contributed by atoms with Crippen LogP contribution in [0.15, 0.2) is 47.6 Å². The minimum absolute atomic E-state index is 0. The normalized spacial score (nSPS) is 13.6. The van der Waals surface area contributed by atoms with E-state index in [0.29, 0.717) is 0 Å². The Kier molecular flexibility index (Phi) is 9.06. The average Bonchev–Trinajstić information content (AvgIpc) is 3.36. The molecular formula is C20H28IN5S. The van der Waals surface area contributed by atoms with Crippen molar-refractivity contribution in [1.82, 2.24) is 15.6 Å². The Bertz CT molecular complexity index is 763. The first kappa shape index (κ1) is 21.7. The number of halogens is 1. The van der Waals surface area contributed by atoms with Crippen molar-refractivity contribution in [1.29, 1.82) is 0 Å². The van der Waals surface area contributed by atoms with E-state index in [2.05, 4.69) is 68.9 Å². The number of thiazole rings is 1. The molecule has 1 aliphatic rings. The third-order valence-corrected chi connectivity index (χ3v) is 5.56. The van der Waals surface area contributed by atoms with Gasteiger partial charge in [-0.1, -0.05) is 31.2 Å². The number of aryl methyl sites for hydroxylation is 1. The summed E-state index contributed by atoms with van der Waals surface area (Å²) < 4.78 is 0. The molecule has 0 bridgehead atoms. The van der Waals surface area contributed by atoms with Crippen molar-refractivity contribution in [2.75, 3.05) is 31.6 Å². The SMILES string of the molecule is CCc1cnc(CCNC(=NC)NCc2cccc(N3CC=CC3)c2)s1.I. The maximum absolute atomic E-state index is 4.46. The molecule has 3 rings (SSSR count). The lowest BCUT2D eigenvalue weighted by molar-refractivity contribution is 0.791. The fraction of sp³-hybridized carbons (Fsp3) is 0.400. The van der Waals surface area contributed by atoms with Crippen molar-refractivity contribution in [3.63, 3.8) is 0 Å². The highest BCUT2D eigenvalue weighted by Gasteiger charge is 2.08. The van der Waals surface area contributed by atoms with Crippen LogP contribution in [0.5, 0.6) is 0 Å². The molecule has 1 aliphatic heterocycles. The van der Waals surface area contributed by atoms with E-state index in [0.717, 1.165) is 45.0 Å². The summed E-state index contributed by atoms with van der Waals surface area (Å²) in [6.45, 7) is 5.74. The van der Waals surface area contributed by atoms with Gasteiger partial charge in [-0.15, -0.1) is 35.3 Å². The average molecular weight is 497 g/mol. The van der Waals surface area contributed by atoms with Crippen LogP contribution < -0.4 is 15.5 Å². The lowest BCUT2D eigenvalue weighted by Gasteiger charge is -2.19. The lowest BCUT2D eigenvalue weighted by Crippen LogP contribution is -2.37. The molecule has 146 valence electrons. The van der Waals surface area contributed by atoms with Crippen LogP contribution in [0, 0.1) is 0 Å². The van der Waals surface area contributed by atoms with E-state index in [1.807, 2.05) is 6.20 Å². The smallest absolute Gasteiger partial charge is 0.191 e. The van der Waals surface area contributed by atoms with E-state index < -0.39 is 0 Å². The predicted octanol–water partition coefficient (Wildman–Crippen LogP) is 3.61. The van der Waals surface area contributed by atoms with Gasteiger partial charge >= 0.3 is 0 Å². The van der Waals surface area contributed by atoms with Crippen LogP contribution in [0.4, 0.5) is 5.69 Å². The van der Waals surface area contributed by atoms with E-state index in [4.69, 9.17) is 0 Å². The fourth-order valence-corrected chi connectivity index (χ4v) is 3.74. The van der Waals surface area contributed by atoms with Crippen LogP contribution in [-0.4, -0.2) is 37.6 Å². The Morgan fingerprint density at radius 2 is 2.07 bits per heavy atom. The highest BCUT2D eigenvalue weighted by Crippen LogP contribution is 2.18. The van der Waals surface area contributed by atoms with Gasteiger partial charge in [-0.3, -0.25) is 4.99 Å². The third-order valence-electron chi connectivity index (χ3n) is 4.36. The molecule has 2 N–H and O–H groups in total. The van der Waals surface area contributed by atoms with Crippen LogP contribution >= 0.6 is 35.3 Å². The van der Waals surface area contributed by atoms with E-state index in [1.54, 1.807) is 18.4 Å². The summed E-state index contributed by atoms with van der Waals surface area (Å²) in [7, 11) is 1.81. The van der Waals surface area contributed by atoms with Crippen molar-refractivity contribution >= 4 is 47.0 Å². The number of rotatable bonds is 7. The van der Waals surface area contributed by atoms with Gasteiger partial charge in [0.15, 0.2) is 5.96 Å². The third kappa shape index (κ3) is 6.49. The van der Waals surface area contributed by atoms with Crippen LogP contribution in [0.2, 0.25) is 0 Å². The van der Waals surface area contributed by atoms with E-state index in [9.17, 15) is 0 Å². The summed E-state index contributed by atoms with van der Waals surface area (Å²) >= 11 is 1.79. The second-order valence-corrected chi connectivity index (χ2v) is 7.42. The Balaban J connectivity index is 0.00000261. The maximum Gasteiger partial charge on any atom is 0.191 e. The molecule has 2 aromatic rings. The number of nitrogens with one attached hydrogen (secondary N) is 2. The van der Waals surface area contributed by atoms with Gasteiger partial charge < -0.3 is 15.5 Å². The number of guanidine groups is 1. The highest BCUT2D eigenvalue weighted by atomic mass is 127. The molecule has 27 heavy (non-hydrogen) atoms. The number of hydrogen-bond acceptors (Lipinski definition) is 4. The molecule has 0 saturated carbocycles. The maximum atomic E-state index is 4.46. The van der Waals surface area contributed by atoms with Crippen molar-refractivity contribution in [3.8, 4) is 0 Å². The van der Waals surface area contributed by atoms with Crippen LogP contribution in [0.3, 0.4) is 0 Å². The molecule has 2 heterocycles. The summed E-state index contributed by atoms with van der Waals surface area (Å²) in [6.07, 6.45) is 8.38. The Morgan fingerprint density at radius 3 is 2.78 bits per heavy atom. The number of aliphatic imine (C=N–C) groups is 1.